The molecular formula is C10H12. The van der Waals surface area contributed by atoms with E-state index >= 15 is 0 Å². The first-order valence-corrected chi connectivity index (χ1v) is 3.63. The molecule has 0 saturated heterocycles. The Morgan fingerprint density at radius 1 is 1.40 bits per heavy atom. The quantitative estimate of drug-likeness (QED) is 0.481. The van der Waals surface area contributed by atoms with E-state index in [1.165, 1.54) is 11.1 Å². The van der Waals surface area contributed by atoms with Gasteiger partial charge in [-0.3, -0.25) is 0 Å². The SMILES string of the molecule is CCC1=CC=C=C(C)C=C1. The second-order valence-electron chi connectivity index (χ2n) is 2.42. The average Bonchev–Trinajstić information content (AvgIpc) is 2.14. The fourth-order valence-electron chi connectivity index (χ4n) is 0.852. The molecule has 0 unspecified atom stereocenters. The van der Waals surface area contributed by atoms with Crippen molar-refractivity contribution in [2.75, 3.05) is 0 Å². The summed E-state index contributed by atoms with van der Waals surface area (Å²) in [6, 6.07) is 0. The molecule has 0 bridgehead atoms. The molecule has 0 aromatic rings. The molecular weight excluding hydrogens is 120 g/mol. The summed E-state index contributed by atoms with van der Waals surface area (Å²) >= 11 is 0. The van der Waals surface area contributed by atoms with E-state index < -0.39 is 0 Å². The van der Waals surface area contributed by atoms with Crippen LogP contribution in [0.2, 0.25) is 0 Å². The summed E-state index contributed by atoms with van der Waals surface area (Å²) in [5.74, 6) is 0. The van der Waals surface area contributed by atoms with Crippen LogP contribution >= 0.6 is 0 Å². The minimum atomic E-state index is 1.10. The van der Waals surface area contributed by atoms with Gasteiger partial charge in [0.05, 0.1) is 0 Å². The lowest BCUT2D eigenvalue weighted by Gasteiger charge is -1.90. The normalized spacial score (nSPS) is 16.2. The minimum absolute atomic E-state index is 1.10. The highest BCUT2D eigenvalue weighted by atomic mass is 13.9. The number of rotatable bonds is 1. The third-order valence-corrected chi connectivity index (χ3v) is 1.56. The number of hydrogen-bond acceptors (Lipinski definition) is 0. The average molecular weight is 132 g/mol. The molecule has 0 heterocycles. The van der Waals surface area contributed by atoms with Crippen LogP contribution < -0.4 is 0 Å². The molecule has 1 aliphatic carbocycles. The van der Waals surface area contributed by atoms with E-state index in [0.717, 1.165) is 6.42 Å². The van der Waals surface area contributed by atoms with E-state index in [0.29, 0.717) is 0 Å². The first-order valence-electron chi connectivity index (χ1n) is 3.63. The van der Waals surface area contributed by atoms with Gasteiger partial charge >= 0.3 is 0 Å². The molecule has 1 aliphatic rings. The third-order valence-electron chi connectivity index (χ3n) is 1.56. The third kappa shape index (κ3) is 1.75. The molecule has 0 atom stereocenters. The highest BCUT2D eigenvalue weighted by molar-refractivity contribution is 5.32. The molecule has 1 rings (SSSR count). The predicted octanol–water partition coefficient (Wildman–Crippen LogP) is 2.99. The van der Waals surface area contributed by atoms with Crippen molar-refractivity contribution >= 4 is 0 Å². The molecule has 0 radical (unpaired) electrons. The second-order valence-corrected chi connectivity index (χ2v) is 2.42. The first kappa shape index (κ1) is 7.11. The molecule has 0 nitrogen and oxygen atoms in total. The minimum Gasteiger partial charge on any atom is -0.118 e. The molecule has 0 fully saturated rings. The van der Waals surface area contributed by atoms with Crippen LogP contribution in [0.3, 0.4) is 0 Å². The van der Waals surface area contributed by atoms with Crippen molar-refractivity contribution in [3.63, 3.8) is 0 Å². The Kier molecular flexibility index (Phi) is 2.30. The van der Waals surface area contributed by atoms with Crippen molar-refractivity contribution in [2.45, 2.75) is 20.3 Å². The second kappa shape index (κ2) is 3.24. The number of allylic oxidation sites excluding steroid dienone is 5. The molecule has 0 amide bonds. The summed E-state index contributed by atoms with van der Waals surface area (Å²) in [4.78, 5) is 0. The summed E-state index contributed by atoms with van der Waals surface area (Å²) in [6.45, 7) is 4.21. The lowest BCUT2D eigenvalue weighted by Crippen LogP contribution is -1.70. The Hall–Kier alpha value is -1.00. The van der Waals surface area contributed by atoms with Crippen LogP contribution in [0.25, 0.3) is 0 Å². The van der Waals surface area contributed by atoms with Gasteiger partial charge in [0.2, 0.25) is 0 Å². The molecule has 0 saturated carbocycles. The lowest BCUT2D eigenvalue weighted by atomic mass is 10.2. The molecule has 0 heteroatoms. The van der Waals surface area contributed by atoms with E-state index in [4.69, 9.17) is 0 Å². The lowest BCUT2D eigenvalue weighted by molar-refractivity contribution is 1.15. The summed E-state index contributed by atoms with van der Waals surface area (Å²) in [5.41, 5.74) is 5.70. The van der Waals surface area contributed by atoms with Gasteiger partial charge < -0.3 is 0 Å². The number of hydrogen-bond donors (Lipinski definition) is 0. The van der Waals surface area contributed by atoms with Gasteiger partial charge in [-0.2, -0.15) is 0 Å². The van der Waals surface area contributed by atoms with Crippen molar-refractivity contribution in [3.05, 3.63) is 41.2 Å². The maximum absolute atomic E-state index is 3.14. The monoisotopic (exact) mass is 132 g/mol. The first-order chi connectivity index (χ1) is 4.83. The molecule has 0 aromatic heterocycles. The topological polar surface area (TPSA) is 0 Å². The Balaban J connectivity index is 2.85. The van der Waals surface area contributed by atoms with Crippen LogP contribution in [0.5, 0.6) is 0 Å². The Morgan fingerprint density at radius 3 is 2.90 bits per heavy atom. The molecule has 10 heavy (non-hydrogen) atoms. The summed E-state index contributed by atoms with van der Waals surface area (Å²) in [5, 5.41) is 0. The molecule has 0 N–H and O–H groups in total. The Labute approximate surface area is 62.3 Å². The van der Waals surface area contributed by atoms with E-state index in [9.17, 15) is 0 Å². The van der Waals surface area contributed by atoms with Gasteiger partial charge in [-0.05, 0) is 30.6 Å². The standard InChI is InChI=1S/C10H12/c1-3-10-6-4-5-9(2)7-8-10/h4,6-8H,3H2,1-2H3. The van der Waals surface area contributed by atoms with Gasteiger partial charge in [-0.1, -0.05) is 25.2 Å². The highest BCUT2D eigenvalue weighted by Gasteiger charge is 1.87. The summed E-state index contributed by atoms with van der Waals surface area (Å²) < 4.78 is 0. The van der Waals surface area contributed by atoms with E-state index in [-0.39, 0.29) is 0 Å². The van der Waals surface area contributed by atoms with Crippen molar-refractivity contribution in [1.29, 1.82) is 0 Å². The van der Waals surface area contributed by atoms with Gasteiger partial charge in [0.1, 0.15) is 0 Å². The predicted molar refractivity (Wildman–Crippen MR) is 44.8 cm³/mol. The van der Waals surface area contributed by atoms with Gasteiger partial charge in [0.15, 0.2) is 0 Å². The van der Waals surface area contributed by atoms with Gasteiger partial charge in [-0.15, -0.1) is 5.73 Å². The van der Waals surface area contributed by atoms with E-state index in [1.807, 2.05) is 6.08 Å². The fraction of sp³-hybridized carbons (Fsp3) is 0.300. The van der Waals surface area contributed by atoms with Crippen LogP contribution in [-0.2, 0) is 0 Å². The van der Waals surface area contributed by atoms with Crippen molar-refractivity contribution in [1.82, 2.24) is 0 Å². The van der Waals surface area contributed by atoms with Crippen LogP contribution in [0.1, 0.15) is 20.3 Å². The molecule has 0 aliphatic heterocycles. The maximum Gasteiger partial charge on any atom is -0.00913 e. The van der Waals surface area contributed by atoms with E-state index in [2.05, 4.69) is 37.8 Å². The summed E-state index contributed by atoms with van der Waals surface area (Å²) in [7, 11) is 0. The highest BCUT2D eigenvalue weighted by Crippen LogP contribution is 2.07. The van der Waals surface area contributed by atoms with Crippen LogP contribution in [0.4, 0.5) is 0 Å². The van der Waals surface area contributed by atoms with Gasteiger partial charge in [-0.25, -0.2) is 0 Å². The van der Waals surface area contributed by atoms with Crippen molar-refractivity contribution < 1.29 is 0 Å². The van der Waals surface area contributed by atoms with Crippen LogP contribution in [0, 0.1) is 0 Å². The zero-order valence-corrected chi connectivity index (χ0v) is 6.52. The smallest absolute Gasteiger partial charge is 0.00913 e. The van der Waals surface area contributed by atoms with Gasteiger partial charge in [0.25, 0.3) is 0 Å². The van der Waals surface area contributed by atoms with Crippen molar-refractivity contribution in [3.8, 4) is 0 Å². The molecule has 0 spiro atoms. The molecule has 0 aromatic carbocycles. The fourth-order valence-corrected chi connectivity index (χ4v) is 0.852. The maximum atomic E-state index is 3.14. The Morgan fingerprint density at radius 2 is 2.20 bits per heavy atom. The van der Waals surface area contributed by atoms with Crippen molar-refractivity contribution in [2.24, 2.45) is 0 Å². The van der Waals surface area contributed by atoms with Gasteiger partial charge in [0, 0.05) is 0 Å². The summed E-state index contributed by atoms with van der Waals surface area (Å²) in [6.07, 6.45) is 9.42. The van der Waals surface area contributed by atoms with Crippen LogP contribution in [0.15, 0.2) is 41.2 Å². The zero-order valence-electron chi connectivity index (χ0n) is 6.52. The van der Waals surface area contributed by atoms with Crippen LogP contribution in [-0.4, -0.2) is 0 Å². The Bertz CT molecular complexity index is 233. The van der Waals surface area contributed by atoms with E-state index in [1.54, 1.807) is 0 Å². The largest absolute Gasteiger partial charge is 0.118 e. The molecule has 52 valence electrons. The zero-order chi connectivity index (χ0) is 7.40.